The van der Waals surface area contributed by atoms with Gasteiger partial charge in [0.2, 0.25) is 11.8 Å². The van der Waals surface area contributed by atoms with Crippen LogP contribution in [0, 0.1) is 12.8 Å². The molecule has 0 heterocycles. The number of methoxy groups -OCH3 is 2. The number of anilines is 1. The summed E-state index contributed by atoms with van der Waals surface area (Å²) in [7, 11) is -1.27. The Morgan fingerprint density at radius 2 is 1.54 bits per heavy atom. The van der Waals surface area contributed by atoms with E-state index >= 15 is 0 Å². The molecule has 0 spiro atoms. The molecule has 9 nitrogen and oxygen atoms in total. The summed E-state index contributed by atoms with van der Waals surface area (Å²) in [6.07, 6.45) is 0.208. The molecule has 1 N–H and O–H groups in total. The molecule has 4 aromatic carbocycles. The van der Waals surface area contributed by atoms with E-state index in [4.69, 9.17) is 21.1 Å². The van der Waals surface area contributed by atoms with Crippen molar-refractivity contribution in [2.45, 2.75) is 44.7 Å². The SMILES string of the molecule is COc1cccc(CN(C(=O)CN(c2ccc(OC)c(Cl)c2)S(=O)(=O)c2ccc(C)cc2)C(Cc2ccccc2)C(=O)NCC(C)C)c1. The van der Waals surface area contributed by atoms with Gasteiger partial charge < -0.3 is 19.7 Å². The number of ether oxygens (including phenoxy) is 2. The van der Waals surface area contributed by atoms with Gasteiger partial charge in [-0.2, -0.15) is 0 Å². The molecule has 2 amide bonds. The highest BCUT2D eigenvalue weighted by atomic mass is 35.5. The van der Waals surface area contributed by atoms with Crippen molar-refractivity contribution in [3.63, 3.8) is 0 Å². The zero-order valence-corrected chi connectivity index (χ0v) is 29.4. The number of amides is 2. The highest BCUT2D eigenvalue weighted by Gasteiger charge is 2.35. The van der Waals surface area contributed by atoms with Gasteiger partial charge in [-0.1, -0.05) is 85.6 Å². The van der Waals surface area contributed by atoms with Crippen molar-refractivity contribution < 1.29 is 27.5 Å². The molecule has 0 aliphatic heterocycles. The normalized spacial score (nSPS) is 11.9. The van der Waals surface area contributed by atoms with E-state index < -0.39 is 28.5 Å². The predicted octanol–water partition coefficient (Wildman–Crippen LogP) is 6.27. The fourth-order valence-corrected chi connectivity index (χ4v) is 6.78. The average molecular weight is 692 g/mol. The van der Waals surface area contributed by atoms with Crippen molar-refractivity contribution >= 4 is 39.1 Å². The third-order valence-corrected chi connectivity index (χ3v) is 9.84. The van der Waals surface area contributed by atoms with Crippen LogP contribution in [-0.4, -0.2) is 58.5 Å². The lowest BCUT2D eigenvalue weighted by Crippen LogP contribution is -2.53. The smallest absolute Gasteiger partial charge is 0.264 e. The predicted molar refractivity (Wildman–Crippen MR) is 189 cm³/mol. The maximum Gasteiger partial charge on any atom is 0.264 e. The van der Waals surface area contributed by atoms with E-state index in [1.54, 1.807) is 43.5 Å². The van der Waals surface area contributed by atoms with E-state index in [-0.39, 0.29) is 40.4 Å². The van der Waals surface area contributed by atoms with Gasteiger partial charge in [0.15, 0.2) is 0 Å². The quantitative estimate of drug-likeness (QED) is 0.158. The summed E-state index contributed by atoms with van der Waals surface area (Å²) in [4.78, 5) is 30.0. The maximum absolute atomic E-state index is 14.7. The first-order valence-corrected chi connectivity index (χ1v) is 17.4. The van der Waals surface area contributed by atoms with Crippen molar-refractivity contribution in [3.8, 4) is 11.5 Å². The number of sulfonamides is 1. The lowest BCUT2D eigenvalue weighted by Gasteiger charge is -2.34. The fourth-order valence-electron chi connectivity index (χ4n) is 5.12. The van der Waals surface area contributed by atoms with E-state index in [0.29, 0.717) is 23.6 Å². The molecular formula is C37H42ClN3O6S. The molecule has 0 saturated carbocycles. The van der Waals surface area contributed by atoms with E-state index in [0.717, 1.165) is 15.4 Å². The van der Waals surface area contributed by atoms with Gasteiger partial charge in [0.25, 0.3) is 10.0 Å². The first-order valence-electron chi connectivity index (χ1n) is 15.6. The largest absolute Gasteiger partial charge is 0.497 e. The van der Waals surface area contributed by atoms with Crippen LogP contribution in [0.1, 0.15) is 30.5 Å². The van der Waals surface area contributed by atoms with Crippen LogP contribution in [0.4, 0.5) is 5.69 Å². The summed E-state index contributed by atoms with van der Waals surface area (Å²) in [5.74, 6) is 0.179. The second kappa shape index (κ2) is 16.5. The van der Waals surface area contributed by atoms with Gasteiger partial charge in [0.05, 0.1) is 29.8 Å². The Hall–Kier alpha value is -4.54. The van der Waals surface area contributed by atoms with Gasteiger partial charge in [0, 0.05) is 19.5 Å². The highest BCUT2D eigenvalue weighted by Crippen LogP contribution is 2.32. The molecule has 254 valence electrons. The zero-order chi connectivity index (χ0) is 34.8. The van der Waals surface area contributed by atoms with Crippen LogP contribution < -0.4 is 19.1 Å². The van der Waals surface area contributed by atoms with Crippen molar-refractivity contribution in [3.05, 3.63) is 119 Å². The van der Waals surface area contributed by atoms with Gasteiger partial charge in [-0.05, 0) is 66.4 Å². The Bertz CT molecular complexity index is 1800. The molecule has 4 rings (SSSR count). The molecule has 48 heavy (non-hydrogen) atoms. The second-order valence-electron chi connectivity index (χ2n) is 11.9. The molecule has 4 aromatic rings. The number of aryl methyl sites for hydroxylation is 1. The summed E-state index contributed by atoms with van der Waals surface area (Å²) in [5.41, 5.74) is 2.60. The fraction of sp³-hybridized carbons (Fsp3) is 0.297. The molecule has 1 unspecified atom stereocenters. The van der Waals surface area contributed by atoms with Crippen LogP contribution in [0.5, 0.6) is 11.5 Å². The Morgan fingerprint density at radius 1 is 0.854 bits per heavy atom. The summed E-state index contributed by atoms with van der Waals surface area (Å²) in [6.45, 7) is 5.65. The van der Waals surface area contributed by atoms with Crippen LogP contribution in [0.3, 0.4) is 0 Å². The number of nitrogens with zero attached hydrogens (tertiary/aromatic N) is 2. The number of hydrogen-bond acceptors (Lipinski definition) is 6. The third kappa shape index (κ3) is 9.29. The average Bonchev–Trinajstić information content (AvgIpc) is 3.08. The van der Waals surface area contributed by atoms with E-state index in [1.165, 1.54) is 36.3 Å². The second-order valence-corrected chi connectivity index (χ2v) is 14.1. The van der Waals surface area contributed by atoms with Crippen LogP contribution in [0.2, 0.25) is 5.02 Å². The molecule has 0 aliphatic carbocycles. The van der Waals surface area contributed by atoms with Gasteiger partial charge in [0.1, 0.15) is 24.1 Å². The summed E-state index contributed by atoms with van der Waals surface area (Å²) >= 11 is 6.46. The first-order chi connectivity index (χ1) is 22.9. The lowest BCUT2D eigenvalue weighted by atomic mass is 10.0. The van der Waals surface area contributed by atoms with Gasteiger partial charge in [-0.15, -0.1) is 0 Å². The van der Waals surface area contributed by atoms with Crippen LogP contribution >= 0.6 is 11.6 Å². The molecule has 0 radical (unpaired) electrons. The molecular weight excluding hydrogens is 650 g/mol. The van der Waals surface area contributed by atoms with E-state index in [1.807, 2.05) is 57.2 Å². The minimum Gasteiger partial charge on any atom is -0.497 e. The highest BCUT2D eigenvalue weighted by molar-refractivity contribution is 7.92. The Morgan fingerprint density at radius 3 is 2.17 bits per heavy atom. The van der Waals surface area contributed by atoms with E-state index in [9.17, 15) is 18.0 Å². The Labute approximate surface area is 288 Å². The Kier molecular flexibility index (Phi) is 12.5. The number of rotatable bonds is 15. The number of carbonyl (C=O) groups excluding carboxylic acids is 2. The molecule has 0 aromatic heterocycles. The number of carbonyl (C=O) groups is 2. The lowest BCUT2D eigenvalue weighted by molar-refractivity contribution is -0.140. The molecule has 0 saturated heterocycles. The number of halogens is 1. The zero-order valence-electron chi connectivity index (χ0n) is 27.9. The molecule has 11 heteroatoms. The summed E-state index contributed by atoms with van der Waals surface area (Å²) in [6, 6.07) is 26.6. The topological polar surface area (TPSA) is 105 Å². The maximum atomic E-state index is 14.7. The van der Waals surface area contributed by atoms with Crippen molar-refractivity contribution in [2.24, 2.45) is 5.92 Å². The third-order valence-electron chi connectivity index (χ3n) is 7.75. The summed E-state index contributed by atoms with van der Waals surface area (Å²) < 4.78 is 40.3. The minimum absolute atomic E-state index is 0.00250. The Balaban J connectivity index is 1.83. The molecule has 0 bridgehead atoms. The molecule has 0 fully saturated rings. The standard InChI is InChI=1S/C37H42ClN3O6S/c1-26(2)23-39-37(43)34(21-28-10-7-6-8-11-28)40(24-29-12-9-13-31(20-29)46-4)36(42)25-41(30-16-19-35(47-5)33(38)22-30)48(44,45)32-17-14-27(3)15-18-32/h6-20,22,26,34H,21,23-25H2,1-5H3,(H,39,43). The van der Waals surface area contributed by atoms with Crippen LogP contribution in [-0.2, 0) is 32.6 Å². The van der Waals surface area contributed by atoms with Crippen molar-refractivity contribution in [1.82, 2.24) is 10.2 Å². The number of hydrogen-bond donors (Lipinski definition) is 1. The van der Waals surface area contributed by atoms with Crippen LogP contribution in [0.15, 0.2) is 102 Å². The van der Waals surface area contributed by atoms with Gasteiger partial charge in [-0.3, -0.25) is 13.9 Å². The minimum atomic E-state index is -4.28. The van der Waals surface area contributed by atoms with Crippen LogP contribution in [0.25, 0.3) is 0 Å². The first kappa shape index (κ1) is 36.3. The number of benzene rings is 4. The van der Waals surface area contributed by atoms with E-state index in [2.05, 4.69) is 5.32 Å². The van der Waals surface area contributed by atoms with Crippen molar-refractivity contribution in [1.29, 1.82) is 0 Å². The molecule has 1 atom stereocenters. The van der Waals surface area contributed by atoms with Gasteiger partial charge in [-0.25, -0.2) is 8.42 Å². The monoisotopic (exact) mass is 691 g/mol. The molecule has 0 aliphatic rings. The van der Waals surface area contributed by atoms with Gasteiger partial charge >= 0.3 is 0 Å². The number of nitrogens with one attached hydrogen (secondary N) is 1. The summed E-state index contributed by atoms with van der Waals surface area (Å²) in [5, 5.41) is 3.17. The van der Waals surface area contributed by atoms with Crippen molar-refractivity contribution in [2.75, 3.05) is 31.6 Å².